The van der Waals surface area contributed by atoms with Crippen LogP contribution < -0.4 is 10.1 Å². The van der Waals surface area contributed by atoms with Crippen LogP contribution in [0.4, 0.5) is 4.39 Å². The minimum Gasteiger partial charge on any atom is -0.494 e. The SMILES string of the molecule is COc1cccc(CNC2CC2C)c1F. The van der Waals surface area contributed by atoms with Crippen LogP contribution in [0.25, 0.3) is 0 Å². The molecule has 0 bridgehead atoms. The van der Waals surface area contributed by atoms with Crippen LogP contribution >= 0.6 is 0 Å². The Kier molecular flexibility index (Phi) is 2.91. The molecule has 0 aromatic heterocycles. The molecular weight excluding hydrogens is 193 g/mol. The van der Waals surface area contributed by atoms with Crippen molar-refractivity contribution >= 4 is 0 Å². The molecule has 82 valence electrons. The van der Waals surface area contributed by atoms with Crippen molar-refractivity contribution in [1.29, 1.82) is 0 Å². The third kappa shape index (κ3) is 2.29. The van der Waals surface area contributed by atoms with Crippen molar-refractivity contribution in [1.82, 2.24) is 5.32 Å². The molecule has 0 amide bonds. The Labute approximate surface area is 89.4 Å². The Balaban J connectivity index is 2.01. The number of methoxy groups -OCH3 is 1. The van der Waals surface area contributed by atoms with E-state index < -0.39 is 0 Å². The lowest BCUT2D eigenvalue weighted by Crippen LogP contribution is -2.18. The second kappa shape index (κ2) is 4.19. The monoisotopic (exact) mass is 209 g/mol. The van der Waals surface area contributed by atoms with Gasteiger partial charge >= 0.3 is 0 Å². The van der Waals surface area contributed by atoms with Crippen molar-refractivity contribution in [2.45, 2.75) is 25.9 Å². The highest BCUT2D eigenvalue weighted by molar-refractivity contribution is 5.31. The average Bonchev–Trinajstić information content (AvgIpc) is 2.93. The molecular formula is C12H16FNO. The van der Waals surface area contributed by atoms with Gasteiger partial charge < -0.3 is 10.1 Å². The zero-order chi connectivity index (χ0) is 10.8. The number of benzene rings is 1. The summed E-state index contributed by atoms with van der Waals surface area (Å²) >= 11 is 0. The zero-order valence-corrected chi connectivity index (χ0v) is 9.09. The van der Waals surface area contributed by atoms with E-state index >= 15 is 0 Å². The van der Waals surface area contributed by atoms with Crippen LogP contribution in [0.5, 0.6) is 5.75 Å². The first-order valence-electron chi connectivity index (χ1n) is 5.27. The van der Waals surface area contributed by atoms with E-state index in [0.29, 0.717) is 23.9 Å². The van der Waals surface area contributed by atoms with Crippen molar-refractivity contribution < 1.29 is 9.13 Å². The van der Waals surface area contributed by atoms with Gasteiger partial charge in [-0.05, 0) is 18.4 Å². The molecule has 2 unspecified atom stereocenters. The lowest BCUT2D eigenvalue weighted by molar-refractivity contribution is 0.383. The van der Waals surface area contributed by atoms with Gasteiger partial charge in [0.25, 0.3) is 0 Å². The van der Waals surface area contributed by atoms with E-state index in [1.807, 2.05) is 6.07 Å². The Morgan fingerprint density at radius 1 is 1.53 bits per heavy atom. The normalized spacial score (nSPS) is 23.9. The predicted molar refractivity (Wildman–Crippen MR) is 57.4 cm³/mol. The number of halogens is 1. The van der Waals surface area contributed by atoms with Crippen LogP contribution in [-0.4, -0.2) is 13.2 Å². The number of ether oxygens (including phenoxy) is 1. The molecule has 15 heavy (non-hydrogen) atoms. The summed E-state index contributed by atoms with van der Waals surface area (Å²) in [5, 5.41) is 3.32. The van der Waals surface area contributed by atoms with Crippen molar-refractivity contribution in [3.63, 3.8) is 0 Å². The molecule has 1 aromatic rings. The molecule has 1 aliphatic rings. The van der Waals surface area contributed by atoms with E-state index in [0.717, 1.165) is 5.92 Å². The van der Waals surface area contributed by atoms with E-state index in [2.05, 4.69) is 12.2 Å². The van der Waals surface area contributed by atoms with E-state index in [9.17, 15) is 4.39 Å². The summed E-state index contributed by atoms with van der Waals surface area (Å²) in [5.41, 5.74) is 0.674. The van der Waals surface area contributed by atoms with Crippen molar-refractivity contribution in [3.8, 4) is 5.75 Å². The fraction of sp³-hybridized carbons (Fsp3) is 0.500. The summed E-state index contributed by atoms with van der Waals surface area (Å²) in [6, 6.07) is 5.81. The summed E-state index contributed by atoms with van der Waals surface area (Å²) in [5.74, 6) is 0.803. The highest BCUT2D eigenvalue weighted by Crippen LogP contribution is 2.29. The maximum atomic E-state index is 13.7. The molecule has 0 heterocycles. The van der Waals surface area contributed by atoms with Gasteiger partial charge in [-0.1, -0.05) is 19.1 Å². The van der Waals surface area contributed by atoms with Gasteiger partial charge in [0, 0.05) is 18.2 Å². The van der Waals surface area contributed by atoms with Crippen molar-refractivity contribution in [3.05, 3.63) is 29.6 Å². The van der Waals surface area contributed by atoms with Crippen molar-refractivity contribution in [2.24, 2.45) is 5.92 Å². The summed E-state index contributed by atoms with van der Waals surface area (Å²) < 4.78 is 18.6. The van der Waals surface area contributed by atoms with Crippen LogP contribution in [0.2, 0.25) is 0 Å². The standard InChI is InChI=1S/C12H16FNO/c1-8-6-10(8)14-7-9-4-3-5-11(15-2)12(9)13/h3-5,8,10,14H,6-7H2,1-2H3. The summed E-state index contributed by atoms with van der Waals surface area (Å²) in [6.45, 7) is 2.78. The van der Waals surface area contributed by atoms with Gasteiger partial charge in [-0.15, -0.1) is 0 Å². The van der Waals surface area contributed by atoms with Gasteiger partial charge in [-0.25, -0.2) is 4.39 Å². The maximum absolute atomic E-state index is 13.7. The molecule has 1 N–H and O–H groups in total. The van der Waals surface area contributed by atoms with Crippen LogP contribution in [0, 0.1) is 11.7 Å². The lowest BCUT2D eigenvalue weighted by atomic mass is 10.2. The number of nitrogens with one attached hydrogen (secondary N) is 1. The lowest BCUT2D eigenvalue weighted by Gasteiger charge is -2.08. The number of hydrogen-bond acceptors (Lipinski definition) is 2. The van der Waals surface area contributed by atoms with Crippen LogP contribution in [0.15, 0.2) is 18.2 Å². The largest absolute Gasteiger partial charge is 0.494 e. The third-order valence-electron chi connectivity index (χ3n) is 2.93. The molecule has 2 nitrogen and oxygen atoms in total. The Morgan fingerprint density at radius 2 is 2.27 bits per heavy atom. The quantitative estimate of drug-likeness (QED) is 0.821. The minimum atomic E-state index is -0.249. The Hall–Kier alpha value is -1.09. The van der Waals surface area contributed by atoms with E-state index in [4.69, 9.17) is 4.74 Å². The molecule has 2 rings (SSSR count). The highest BCUT2D eigenvalue weighted by Gasteiger charge is 2.31. The summed E-state index contributed by atoms with van der Waals surface area (Å²) in [7, 11) is 1.48. The Morgan fingerprint density at radius 3 is 2.87 bits per heavy atom. The molecule has 1 fully saturated rings. The second-order valence-electron chi connectivity index (χ2n) is 4.13. The molecule has 3 heteroatoms. The molecule has 0 saturated heterocycles. The van der Waals surface area contributed by atoms with Gasteiger partial charge in [0.05, 0.1) is 7.11 Å². The third-order valence-corrected chi connectivity index (χ3v) is 2.93. The summed E-state index contributed by atoms with van der Waals surface area (Å²) in [4.78, 5) is 0. The number of hydrogen-bond donors (Lipinski definition) is 1. The van der Waals surface area contributed by atoms with Gasteiger partial charge in [-0.2, -0.15) is 0 Å². The average molecular weight is 209 g/mol. The van der Waals surface area contributed by atoms with Crippen LogP contribution in [-0.2, 0) is 6.54 Å². The molecule has 0 radical (unpaired) electrons. The molecule has 1 aliphatic carbocycles. The van der Waals surface area contributed by atoms with E-state index in [1.54, 1.807) is 12.1 Å². The van der Waals surface area contributed by atoms with Gasteiger partial charge in [0.2, 0.25) is 0 Å². The van der Waals surface area contributed by atoms with Crippen LogP contribution in [0.3, 0.4) is 0 Å². The molecule has 1 aromatic carbocycles. The number of rotatable bonds is 4. The van der Waals surface area contributed by atoms with Gasteiger partial charge in [0.1, 0.15) is 0 Å². The minimum absolute atomic E-state index is 0.249. The summed E-state index contributed by atoms with van der Waals surface area (Å²) in [6.07, 6.45) is 1.20. The highest BCUT2D eigenvalue weighted by atomic mass is 19.1. The maximum Gasteiger partial charge on any atom is 0.169 e. The molecule has 0 aliphatic heterocycles. The molecule has 1 saturated carbocycles. The first-order valence-corrected chi connectivity index (χ1v) is 5.27. The van der Waals surface area contributed by atoms with Crippen molar-refractivity contribution in [2.75, 3.05) is 7.11 Å². The topological polar surface area (TPSA) is 21.3 Å². The zero-order valence-electron chi connectivity index (χ0n) is 9.09. The van der Waals surface area contributed by atoms with E-state index in [-0.39, 0.29) is 5.82 Å². The smallest absolute Gasteiger partial charge is 0.169 e. The fourth-order valence-corrected chi connectivity index (χ4v) is 1.70. The second-order valence-corrected chi connectivity index (χ2v) is 4.13. The molecule has 2 atom stereocenters. The molecule has 0 spiro atoms. The Bertz CT molecular complexity index is 353. The predicted octanol–water partition coefficient (Wildman–Crippen LogP) is 2.33. The van der Waals surface area contributed by atoms with E-state index in [1.165, 1.54) is 13.5 Å². The van der Waals surface area contributed by atoms with Gasteiger partial charge in [-0.3, -0.25) is 0 Å². The van der Waals surface area contributed by atoms with Gasteiger partial charge in [0.15, 0.2) is 11.6 Å². The first-order chi connectivity index (χ1) is 7.22. The van der Waals surface area contributed by atoms with Crippen LogP contribution in [0.1, 0.15) is 18.9 Å². The first kappa shape index (κ1) is 10.4. The fourth-order valence-electron chi connectivity index (χ4n) is 1.70.